The van der Waals surface area contributed by atoms with Crippen molar-refractivity contribution in [2.45, 2.75) is 63.4 Å². The molecule has 0 aromatic rings. The second kappa shape index (κ2) is 13.1. The van der Waals surface area contributed by atoms with E-state index in [-0.39, 0.29) is 25.6 Å². The third-order valence-electron chi connectivity index (χ3n) is 5.64. The van der Waals surface area contributed by atoms with Gasteiger partial charge in [-0.3, -0.25) is 19.2 Å². The van der Waals surface area contributed by atoms with Crippen LogP contribution in [-0.2, 0) is 28.7 Å². The molecule has 13 heteroatoms. The lowest BCUT2D eigenvalue weighted by atomic mass is 9.90. The van der Waals surface area contributed by atoms with Gasteiger partial charge in [-0.15, -0.1) is 0 Å². The van der Waals surface area contributed by atoms with Crippen LogP contribution in [0.1, 0.15) is 33.1 Å². The van der Waals surface area contributed by atoms with Crippen molar-refractivity contribution in [1.29, 1.82) is 0 Å². The van der Waals surface area contributed by atoms with E-state index >= 15 is 0 Å². The van der Waals surface area contributed by atoms with Gasteiger partial charge in [0.25, 0.3) is 0 Å². The molecule has 0 spiro atoms. The molecular weight excluding hydrogens is 438 g/mol. The number of aliphatic carboxylic acids is 1. The number of likely N-dealkylation sites (N-methyl/N-ethyl adjacent to an activating group) is 1. The van der Waals surface area contributed by atoms with Crippen LogP contribution in [0.25, 0.3) is 0 Å². The quantitative estimate of drug-likeness (QED) is 0.173. The van der Waals surface area contributed by atoms with E-state index < -0.39 is 66.2 Å². The molecule has 0 unspecified atom stereocenters. The van der Waals surface area contributed by atoms with Gasteiger partial charge in [0, 0.05) is 32.5 Å². The fourth-order valence-corrected chi connectivity index (χ4v) is 3.60. The van der Waals surface area contributed by atoms with Crippen LogP contribution >= 0.6 is 0 Å². The van der Waals surface area contributed by atoms with Gasteiger partial charge in [-0.1, -0.05) is 0 Å². The number of nitrogens with one attached hydrogen (secondary N) is 3. The van der Waals surface area contributed by atoms with Crippen LogP contribution in [0.3, 0.4) is 0 Å². The predicted molar refractivity (Wildman–Crippen MR) is 116 cm³/mol. The summed E-state index contributed by atoms with van der Waals surface area (Å²) < 4.78 is 5.43. The molecule has 7 N–H and O–H groups in total. The number of nitrogens with zero attached hydrogens (tertiary/aromatic N) is 1. The maximum atomic E-state index is 13.1. The van der Waals surface area contributed by atoms with Crippen LogP contribution in [-0.4, -0.2) is 102 Å². The number of rotatable bonds is 12. The van der Waals surface area contributed by atoms with Gasteiger partial charge in [0.05, 0.1) is 24.7 Å². The molecule has 0 aromatic heterocycles. The van der Waals surface area contributed by atoms with Crippen molar-refractivity contribution in [2.75, 3.05) is 27.2 Å². The molecule has 0 bridgehead atoms. The standard InChI is InChI=1S/C20H35N5O8/c1-10(22-3)18(29)24-17(11(2)26)19(30)25-6-5-14(33-4)12(9-25)7-16(28)23-13(20(31)32)8-15(21)27/h10-14,17,22,26H,5-9H2,1-4H3,(H2,21,27)(H,23,28)(H,24,29)(H,31,32)/t10-,11+,12-,13+,14+,17+/m1/s1. The number of hydrogen-bond donors (Lipinski definition) is 6. The Hall–Kier alpha value is -2.77. The first-order valence-corrected chi connectivity index (χ1v) is 10.7. The van der Waals surface area contributed by atoms with Crippen LogP contribution in [0.5, 0.6) is 0 Å². The van der Waals surface area contributed by atoms with Crippen LogP contribution < -0.4 is 21.7 Å². The normalized spacial score (nSPS) is 21.9. The van der Waals surface area contributed by atoms with Crippen LogP contribution in [0.2, 0.25) is 0 Å². The maximum absolute atomic E-state index is 13.1. The molecule has 4 amide bonds. The minimum atomic E-state index is -1.46. The molecule has 0 saturated carbocycles. The first-order valence-electron chi connectivity index (χ1n) is 10.7. The van der Waals surface area contributed by atoms with Crippen LogP contribution in [0, 0.1) is 5.92 Å². The summed E-state index contributed by atoms with van der Waals surface area (Å²) in [6, 6.07) is -3.20. The maximum Gasteiger partial charge on any atom is 0.326 e. The SMILES string of the molecule is CN[C@H](C)C(=O)N[C@H](C(=O)N1CC[C@H](OC)[C@H](CC(=O)N[C@@H](CC(N)=O)C(=O)O)C1)[C@H](C)O. The third-order valence-corrected chi connectivity index (χ3v) is 5.64. The highest BCUT2D eigenvalue weighted by molar-refractivity contribution is 5.90. The van der Waals surface area contributed by atoms with Gasteiger partial charge in [-0.25, -0.2) is 4.79 Å². The second-order valence-electron chi connectivity index (χ2n) is 8.18. The third kappa shape index (κ3) is 8.59. The number of carbonyl (C=O) groups excluding carboxylic acids is 4. The van der Waals surface area contributed by atoms with E-state index in [9.17, 15) is 29.1 Å². The number of carboxylic acids is 1. The number of likely N-dealkylation sites (tertiary alicyclic amines) is 1. The second-order valence-corrected chi connectivity index (χ2v) is 8.18. The molecule has 1 heterocycles. The van der Waals surface area contributed by atoms with Crippen LogP contribution in [0.15, 0.2) is 0 Å². The lowest BCUT2D eigenvalue weighted by Crippen LogP contribution is -2.59. The van der Waals surface area contributed by atoms with Crippen molar-refractivity contribution >= 4 is 29.6 Å². The summed E-state index contributed by atoms with van der Waals surface area (Å²) in [4.78, 5) is 61.5. The molecule has 0 aromatic carbocycles. The highest BCUT2D eigenvalue weighted by Gasteiger charge is 2.38. The summed E-state index contributed by atoms with van der Waals surface area (Å²) in [7, 11) is 3.06. The molecule has 1 fully saturated rings. The Morgan fingerprint density at radius 1 is 1.18 bits per heavy atom. The molecule has 1 aliphatic rings. The van der Waals surface area contributed by atoms with Crippen molar-refractivity contribution < 1.29 is 38.9 Å². The van der Waals surface area contributed by atoms with E-state index in [0.717, 1.165) is 0 Å². The summed E-state index contributed by atoms with van der Waals surface area (Å²) in [5.41, 5.74) is 5.03. The molecule has 13 nitrogen and oxygen atoms in total. The summed E-state index contributed by atoms with van der Waals surface area (Å²) in [5, 5.41) is 26.8. The molecular formula is C20H35N5O8. The number of piperidine rings is 1. The van der Waals surface area contributed by atoms with Crippen LogP contribution in [0.4, 0.5) is 0 Å². The fourth-order valence-electron chi connectivity index (χ4n) is 3.60. The predicted octanol–water partition coefficient (Wildman–Crippen LogP) is -2.84. The Morgan fingerprint density at radius 3 is 2.30 bits per heavy atom. The van der Waals surface area contributed by atoms with E-state index in [1.807, 2.05) is 0 Å². The lowest BCUT2D eigenvalue weighted by molar-refractivity contribution is -0.145. The number of carboxylic acid groups (broad SMARTS) is 1. The summed E-state index contributed by atoms with van der Waals surface area (Å²) >= 11 is 0. The molecule has 0 radical (unpaired) electrons. The average molecular weight is 474 g/mol. The number of aliphatic hydroxyl groups excluding tert-OH is 1. The van der Waals surface area contributed by atoms with Crippen molar-refractivity contribution in [3.8, 4) is 0 Å². The van der Waals surface area contributed by atoms with Gasteiger partial charge in [0.1, 0.15) is 12.1 Å². The van der Waals surface area contributed by atoms with Gasteiger partial charge in [0.15, 0.2) is 0 Å². The number of aliphatic hydroxyl groups is 1. The molecule has 1 rings (SSSR count). The molecule has 0 aliphatic carbocycles. The number of ether oxygens (including phenoxy) is 1. The average Bonchev–Trinajstić information content (AvgIpc) is 2.74. The van der Waals surface area contributed by atoms with Gasteiger partial charge in [-0.2, -0.15) is 0 Å². The number of hydrogen-bond acceptors (Lipinski definition) is 8. The summed E-state index contributed by atoms with van der Waals surface area (Å²) in [5.74, 6) is -4.32. The zero-order valence-electron chi connectivity index (χ0n) is 19.4. The first kappa shape index (κ1) is 28.3. The smallest absolute Gasteiger partial charge is 0.326 e. The summed E-state index contributed by atoms with van der Waals surface area (Å²) in [6.45, 7) is 3.39. The number of carbonyl (C=O) groups is 5. The van der Waals surface area contributed by atoms with Crippen molar-refractivity contribution in [3.05, 3.63) is 0 Å². The monoisotopic (exact) mass is 473 g/mol. The van der Waals surface area contributed by atoms with E-state index in [2.05, 4.69) is 16.0 Å². The molecule has 6 atom stereocenters. The fraction of sp³-hybridized carbons (Fsp3) is 0.750. The zero-order valence-corrected chi connectivity index (χ0v) is 19.4. The van der Waals surface area contributed by atoms with Gasteiger partial charge >= 0.3 is 5.97 Å². The van der Waals surface area contributed by atoms with E-state index in [4.69, 9.17) is 15.6 Å². The van der Waals surface area contributed by atoms with Gasteiger partial charge < -0.3 is 41.5 Å². The minimum Gasteiger partial charge on any atom is -0.480 e. The van der Waals surface area contributed by atoms with E-state index in [0.29, 0.717) is 6.42 Å². The lowest BCUT2D eigenvalue weighted by Gasteiger charge is -2.39. The Kier molecular flexibility index (Phi) is 11.2. The number of methoxy groups -OCH3 is 1. The Labute approximate surface area is 192 Å². The highest BCUT2D eigenvalue weighted by atomic mass is 16.5. The first-order chi connectivity index (χ1) is 15.4. The number of amides is 4. The zero-order chi connectivity index (χ0) is 25.3. The van der Waals surface area contributed by atoms with Crippen molar-refractivity contribution in [2.24, 2.45) is 11.7 Å². The number of nitrogens with two attached hydrogens (primary N) is 1. The van der Waals surface area contributed by atoms with Crippen molar-refractivity contribution in [3.63, 3.8) is 0 Å². The highest BCUT2D eigenvalue weighted by Crippen LogP contribution is 2.24. The minimum absolute atomic E-state index is 0.0962. The van der Waals surface area contributed by atoms with Gasteiger partial charge in [-0.05, 0) is 27.3 Å². The van der Waals surface area contributed by atoms with E-state index in [1.54, 1.807) is 14.0 Å². The molecule has 33 heavy (non-hydrogen) atoms. The molecule has 188 valence electrons. The number of primary amides is 1. The molecule has 1 saturated heterocycles. The van der Waals surface area contributed by atoms with Gasteiger partial charge in [0.2, 0.25) is 23.6 Å². The summed E-state index contributed by atoms with van der Waals surface area (Å²) in [6.07, 6.45) is -1.84. The largest absolute Gasteiger partial charge is 0.480 e. The molecule has 1 aliphatic heterocycles. The van der Waals surface area contributed by atoms with E-state index in [1.165, 1.54) is 18.9 Å². The topological polar surface area (TPSA) is 200 Å². The Bertz CT molecular complexity index is 731. The van der Waals surface area contributed by atoms with Crippen molar-refractivity contribution in [1.82, 2.24) is 20.9 Å². The Morgan fingerprint density at radius 2 is 1.82 bits per heavy atom. The Balaban J connectivity index is 2.89.